The summed E-state index contributed by atoms with van der Waals surface area (Å²) < 4.78 is 0. The van der Waals surface area contributed by atoms with Gasteiger partial charge in [0, 0.05) is 4.88 Å². The molecule has 0 aromatic carbocycles. The molecular weight excluding hydrogens is 226 g/mol. The molecule has 0 saturated heterocycles. The number of thiazole rings is 1. The van der Waals surface area contributed by atoms with Gasteiger partial charge in [-0.15, -0.1) is 11.3 Å². The van der Waals surface area contributed by atoms with Gasteiger partial charge in [0.05, 0.1) is 5.69 Å². The minimum atomic E-state index is -1.05. The number of carboxylic acid groups (broad SMARTS) is 1. The Hall–Kier alpha value is -1.95. The van der Waals surface area contributed by atoms with Crippen molar-refractivity contribution in [3.05, 3.63) is 28.8 Å². The number of nitrogen functional groups attached to an aromatic ring is 1. The Morgan fingerprint density at radius 1 is 1.44 bits per heavy atom. The van der Waals surface area contributed by atoms with Gasteiger partial charge in [-0.1, -0.05) is 6.07 Å². The second kappa shape index (κ2) is 3.90. The summed E-state index contributed by atoms with van der Waals surface area (Å²) in [6.07, 6.45) is 0. The number of nitrogens with zero attached hydrogens (tertiary/aromatic N) is 2. The molecule has 16 heavy (non-hydrogen) atoms. The minimum Gasteiger partial charge on any atom is -0.477 e. The molecule has 0 aliphatic rings. The number of hydrogen-bond acceptors (Lipinski definition) is 5. The van der Waals surface area contributed by atoms with E-state index >= 15 is 0 Å². The molecule has 0 radical (unpaired) electrons. The lowest BCUT2D eigenvalue weighted by atomic mass is 10.2. The van der Waals surface area contributed by atoms with Crippen LogP contribution in [-0.2, 0) is 0 Å². The molecule has 0 saturated carbocycles. The van der Waals surface area contributed by atoms with Gasteiger partial charge in [0.2, 0.25) is 0 Å². The lowest BCUT2D eigenvalue weighted by Crippen LogP contribution is -2.00. The van der Waals surface area contributed by atoms with Crippen molar-refractivity contribution in [3.63, 3.8) is 0 Å². The SMILES string of the molecule is Cc1sc(N)nc1-c1cccc(C(=O)O)n1. The minimum absolute atomic E-state index is 0.00321. The Morgan fingerprint density at radius 3 is 2.75 bits per heavy atom. The van der Waals surface area contributed by atoms with Crippen molar-refractivity contribution in [2.24, 2.45) is 0 Å². The van der Waals surface area contributed by atoms with Crippen LogP contribution in [0.4, 0.5) is 5.13 Å². The summed E-state index contributed by atoms with van der Waals surface area (Å²) >= 11 is 1.36. The van der Waals surface area contributed by atoms with Crippen LogP contribution in [0, 0.1) is 6.92 Å². The van der Waals surface area contributed by atoms with Gasteiger partial charge in [-0.2, -0.15) is 0 Å². The number of nitrogens with two attached hydrogens (primary N) is 1. The molecule has 2 aromatic heterocycles. The third kappa shape index (κ3) is 1.87. The van der Waals surface area contributed by atoms with Crippen LogP contribution in [-0.4, -0.2) is 21.0 Å². The van der Waals surface area contributed by atoms with Crippen LogP contribution >= 0.6 is 11.3 Å². The number of carboxylic acids is 1. The van der Waals surface area contributed by atoms with Crippen molar-refractivity contribution in [2.75, 3.05) is 5.73 Å². The first kappa shape index (κ1) is 10.6. The van der Waals surface area contributed by atoms with Gasteiger partial charge in [0.1, 0.15) is 11.4 Å². The van der Waals surface area contributed by atoms with Crippen LogP contribution in [0.25, 0.3) is 11.4 Å². The van der Waals surface area contributed by atoms with Crippen LogP contribution < -0.4 is 5.73 Å². The van der Waals surface area contributed by atoms with E-state index in [9.17, 15) is 4.79 Å². The molecule has 0 unspecified atom stereocenters. The number of rotatable bonds is 2. The predicted octanol–water partition coefficient (Wildman–Crippen LogP) is 1.79. The first-order valence-electron chi connectivity index (χ1n) is 4.51. The van der Waals surface area contributed by atoms with E-state index in [2.05, 4.69) is 9.97 Å². The van der Waals surface area contributed by atoms with Crippen molar-refractivity contribution in [1.82, 2.24) is 9.97 Å². The van der Waals surface area contributed by atoms with Gasteiger partial charge in [0.15, 0.2) is 5.13 Å². The van der Waals surface area contributed by atoms with Crippen LogP contribution in [0.5, 0.6) is 0 Å². The Kier molecular flexibility index (Phi) is 2.57. The maximum Gasteiger partial charge on any atom is 0.354 e. The highest BCUT2D eigenvalue weighted by molar-refractivity contribution is 7.15. The largest absolute Gasteiger partial charge is 0.477 e. The van der Waals surface area contributed by atoms with Crippen LogP contribution in [0.3, 0.4) is 0 Å². The molecule has 5 nitrogen and oxygen atoms in total. The lowest BCUT2D eigenvalue weighted by molar-refractivity contribution is 0.0690. The summed E-state index contributed by atoms with van der Waals surface area (Å²) in [5.74, 6) is -1.05. The topological polar surface area (TPSA) is 89.1 Å². The van der Waals surface area contributed by atoms with Gasteiger partial charge in [-0.25, -0.2) is 14.8 Å². The van der Waals surface area contributed by atoms with E-state index < -0.39 is 5.97 Å². The molecule has 0 fully saturated rings. The van der Waals surface area contributed by atoms with E-state index in [1.165, 1.54) is 17.4 Å². The van der Waals surface area contributed by atoms with E-state index in [1.54, 1.807) is 12.1 Å². The fourth-order valence-corrected chi connectivity index (χ4v) is 2.04. The molecule has 0 atom stereocenters. The Balaban J connectivity index is 2.52. The normalized spacial score (nSPS) is 10.3. The zero-order valence-electron chi connectivity index (χ0n) is 8.47. The number of pyridine rings is 1. The molecule has 3 N–H and O–H groups in total. The van der Waals surface area contributed by atoms with Gasteiger partial charge in [-0.3, -0.25) is 0 Å². The Labute approximate surface area is 95.6 Å². The van der Waals surface area contributed by atoms with Crippen molar-refractivity contribution in [3.8, 4) is 11.4 Å². The maximum atomic E-state index is 10.8. The Bertz CT molecular complexity index is 551. The van der Waals surface area contributed by atoms with Crippen molar-refractivity contribution in [2.45, 2.75) is 6.92 Å². The average molecular weight is 235 g/mol. The van der Waals surface area contributed by atoms with E-state index in [0.29, 0.717) is 16.5 Å². The molecule has 0 aliphatic heterocycles. The summed E-state index contributed by atoms with van der Waals surface area (Å²) in [6.45, 7) is 1.87. The fraction of sp³-hybridized carbons (Fsp3) is 0.100. The molecule has 0 amide bonds. The first-order valence-corrected chi connectivity index (χ1v) is 5.33. The summed E-state index contributed by atoms with van der Waals surface area (Å²) in [5.41, 5.74) is 6.76. The smallest absolute Gasteiger partial charge is 0.354 e. The molecule has 2 heterocycles. The van der Waals surface area contributed by atoms with E-state index in [-0.39, 0.29) is 5.69 Å². The van der Waals surface area contributed by atoms with Crippen molar-refractivity contribution in [1.29, 1.82) is 0 Å². The van der Waals surface area contributed by atoms with E-state index in [4.69, 9.17) is 10.8 Å². The van der Waals surface area contributed by atoms with Crippen LogP contribution in [0.2, 0.25) is 0 Å². The van der Waals surface area contributed by atoms with Gasteiger partial charge >= 0.3 is 5.97 Å². The molecule has 0 spiro atoms. The molecule has 2 aromatic rings. The number of hydrogen-bond donors (Lipinski definition) is 2. The zero-order chi connectivity index (χ0) is 11.7. The first-order chi connectivity index (χ1) is 7.58. The third-order valence-corrected chi connectivity index (χ3v) is 2.82. The highest BCUT2D eigenvalue weighted by Crippen LogP contribution is 2.27. The van der Waals surface area contributed by atoms with Gasteiger partial charge in [-0.05, 0) is 19.1 Å². The summed E-state index contributed by atoms with van der Waals surface area (Å²) in [7, 11) is 0. The standard InChI is InChI=1S/C10H9N3O2S/c1-5-8(13-10(11)16-5)6-3-2-4-7(12-6)9(14)15/h2-4H,1H3,(H2,11,13)(H,14,15). The maximum absolute atomic E-state index is 10.8. The second-order valence-electron chi connectivity index (χ2n) is 3.17. The van der Waals surface area contributed by atoms with E-state index in [0.717, 1.165) is 4.88 Å². The molecule has 6 heteroatoms. The monoisotopic (exact) mass is 235 g/mol. The molecule has 82 valence electrons. The molecule has 2 rings (SSSR count). The summed E-state index contributed by atoms with van der Waals surface area (Å²) in [4.78, 5) is 19.8. The zero-order valence-corrected chi connectivity index (χ0v) is 9.28. The number of aromatic nitrogens is 2. The quantitative estimate of drug-likeness (QED) is 0.828. The highest BCUT2D eigenvalue weighted by Gasteiger charge is 2.11. The van der Waals surface area contributed by atoms with Gasteiger partial charge in [0.25, 0.3) is 0 Å². The van der Waals surface area contributed by atoms with E-state index in [1.807, 2.05) is 6.92 Å². The number of aromatic carboxylic acids is 1. The molecule has 0 bridgehead atoms. The second-order valence-corrected chi connectivity index (χ2v) is 4.40. The van der Waals surface area contributed by atoms with Crippen molar-refractivity contribution >= 4 is 22.4 Å². The molecular formula is C10H9N3O2S. The average Bonchev–Trinajstić information content (AvgIpc) is 2.58. The van der Waals surface area contributed by atoms with Gasteiger partial charge < -0.3 is 10.8 Å². The predicted molar refractivity (Wildman–Crippen MR) is 61.5 cm³/mol. The van der Waals surface area contributed by atoms with Crippen LogP contribution in [0.15, 0.2) is 18.2 Å². The fourth-order valence-electron chi connectivity index (χ4n) is 1.34. The summed E-state index contributed by atoms with van der Waals surface area (Å²) in [6, 6.07) is 4.80. The molecule has 0 aliphatic carbocycles. The third-order valence-electron chi connectivity index (χ3n) is 2.02. The summed E-state index contributed by atoms with van der Waals surface area (Å²) in [5, 5.41) is 9.28. The van der Waals surface area contributed by atoms with Crippen molar-refractivity contribution < 1.29 is 9.90 Å². The highest BCUT2D eigenvalue weighted by atomic mass is 32.1. The number of aryl methyl sites for hydroxylation is 1. The van der Waals surface area contributed by atoms with Crippen LogP contribution in [0.1, 0.15) is 15.4 Å². The lowest BCUT2D eigenvalue weighted by Gasteiger charge is -1.99. The number of anilines is 1. The Morgan fingerprint density at radius 2 is 2.19 bits per heavy atom. The number of carbonyl (C=O) groups is 1.